The van der Waals surface area contributed by atoms with Gasteiger partial charge in [-0.2, -0.15) is 0 Å². The number of ether oxygens (including phenoxy) is 1. The molecular weight excluding hydrogens is 340 g/mol. The lowest BCUT2D eigenvalue weighted by Crippen LogP contribution is -2.24. The van der Waals surface area contributed by atoms with Crippen LogP contribution in [-0.4, -0.2) is 11.2 Å². The third kappa shape index (κ3) is 2.98. The van der Waals surface area contributed by atoms with Crippen molar-refractivity contribution in [3.8, 4) is 5.75 Å². The minimum Gasteiger partial charge on any atom is -0.455 e. The fourth-order valence-corrected chi connectivity index (χ4v) is 4.29. The average molecular weight is 362 g/mol. The van der Waals surface area contributed by atoms with E-state index in [1.807, 2.05) is 36.6 Å². The zero-order valence-corrected chi connectivity index (χ0v) is 15.8. The van der Waals surface area contributed by atoms with E-state index in [9.17, 15) is 5.11 Å². The van der Waals surface area contributed by atoms with Crippen LogP contribution in [0.3, 0.4) is 0 Å². The molecule has 0 amide bonds. The molecule has 0 saturated heterocycles. The van der Waals surface area contributed by atoms with Crippen LogP contribution in [0.25, 0.3) is 5.76 Å². The molecule has 132 valence electrons. The van der Waals surface area contributed by atoms with Crippen molar-refractivity contribution in [2.45, 2.75) is 32.3 Å². The van der Waals surface area contributed by atoms with Crippen LogP contribution >= 0.6 is 11.3 Å². The highest BCUT2D eigenvalue weighted by molar-refractivity contribution is 7.11. The van der Waals surface area contributed by atoms with Gasteiger partial charge in [0.1, 0.15) is 11.5 Å². The lowest BCUT2D eigenvalue weighted by atomic mass is 9.79. The Balaban J connectivity index is 1.97. The van der Waals surface area contributed by atoms with Crippen LogP contribution in [0.15, 0.2) is 71.6 Å². The van der Waals surface area contributed by atoms with Crippen LogP contribution in [0.4, 0.5) is 0 Å². The molecule has 0 saturated carbocycles. The molecule has 2 aromatic carbocycles. The number of hydrogen-bond donors (Lipinski definition) is 1. The predicted octanol–water partition coefficient (Wildman–Crippen LogP) is 5.76. The van der Waals surface area contributed by atoms with E-state index in [0.29, 0.717) is 6.42 Å². The van der Waals surface area contributed by atoms with E-state index in [4.69, 9.17) is 4.74 Å². The molecule has 3 aromatic rings. The summed E-state index contributed by atoms with van der Waals surface area (Å²) in [6.45, 7) is 4.10. The van der Waals surface area contributed by atoms with Crippen LogP contribution in [0, 0.1) is 6.92 Å². The molecule has 1 aromatic heterocycles. The zero-order valence-electron chi connectivity index (χ0n) is 15.0. The molecule has 2 atom stereocenters. The molecule has 0 aliphatic carbocycles. The van der Waals surface area contributed by atoms with E-state index in [1.54, 1.807) is 11.3 Å². The number of rotatable bonds is 4. The molecule has 1 aliphatic rings. The summed E-state index contributed by atoms with van der Waals surface area (Å²) in [7, 11) is 0. The third-order valence-electron chi connectivity index (χ3n) is 4.92. The molecule has 26 heavy (non-hydrogen) atoms. The molecule has 0 fully saturated rings. The largest absolute Gasteiger partial charge is 0.455 e. The van der Waals surface area contributed by atoms with Gasteiger partial charge in [-0.25, -0.2) is 0 Å². The molecule has 2 heterocycles. The highest BCUT2D eigenvalue weighted by Crippen LogP contribution is 2.47. The van der Waals surface area contributed by atoms with Crippen molar-refractivity contribution in [1.29, 1.82) is 0 Å². The summed E-state index contributed by atoms with van der Waals surface area (Å²) in [5.41, 5.74) is 4.48. The van der Waals surface area contributed by atoms with E-state index in [1.165, 1.54) is 11.1 Å². The third-order valence-corrected chi connectivity index (χ3v) is 5.79. The van der Waals surface area contributed by atoms with Crippen molar-refractivity contribution in [1.82, 2.24) is 0 Å². The van der Waals surface area contributed by atoms with E-state index in [-0.39, 0.29) is 5.92 Å². The summed E-state index contributed by atoms with van der Waals surface area (Å²) in [4.78, 5) is 1.05. The lowest BCUT2D eigenvalue weighted by molar-refractivity contribution is 0.197. The Morgan fingerprint density at radius 2 is 1.81 bits per heavy atom. The maximum absolute atomic E-state index is 10.9. The van der Waals surface area contributed by atoms with Crippen LogP contribution in [-0.2, 0) is 0 Å². The molecule has 0 radical (unpaired) electrons. The van der Waals surface area contributed by atoms with Gasteiger partial charge in [-0.15, -0.1) is 11.3 Å². The van der Waals surface area contributed by atoms with Gasteiger partial charge in [-0.1, -0.05) is 61.0 Å². The Labute approximate surface area is 158 Å². The fraction of sp³-hybridized carbons (Fsp3) is 0.217. The van der Waals surface area contributed by atoms with Gasteiger partial charge < -0.3 is 9.84 Å². The summed E-state index contributed by atoms with van der Waals surface area (Å²) in [5.74, 6) is 1.67. The first-order valence-corrected chi connectivity index (χ1v) is 9.86. The maximum Gasteiger partial charge on any atom is 0.147 e. The number of aliphatic hydroxyl groups excluding tert-OH is 1. The Morgan fingerprint density at radius 3 is 2.50 bits per heavy atom. The minimum absolute atomic E-state index is 0.00685. The second-order valence-corrected chi connectivity index (χ2v) is 7.62. The highest BCUT2D eigenvalue weighted by atomic mass is 32.1. The van der Waals surface area contributed by atoms with Gasteiger partial charge in [-0.3, -0.25) is 0 Å². The highest BCUT2D eigenvalue weighted by Gasteiger charge is 2.34. The molecular formula is C23H22O2S. The van der Waals surface area contributed by atoms with Gasteiger partial charge in [-0.05, 0) is 36.4 Å². The maximum atomic E-state index is 10.9. The number of thiophene rings is 1. The molecule has 2 nitrogen and oxygen atoms in total. The molecule has 0 unspecified atom stereocenters. The van der Waals surface area contributed by atoms with Crippen LogP contribution in [0.5, 0.6) is 5.75 Å². The van der Waals surface area contributed by atoms with Crippen molar-refractivity contribution in [2.75, 3.05) is 0 Å². The number of hydrogen-bond acceptors (Lipinski definition) is 3. The quantitative estimate of drug-likeness (QED) is 0.639. The average Bonchev–Trinajstić information content (AvgIpc) is 3.21. The van der Waals surface area contributed by atoms with E-state index in [2.05, 4.69) is 43.3 Å². The second-order valence-electron chi connectivity index (χ2n) is 6.67. The monoisotopic (exact) mass is 362 g/mol. The number of fused-ring (bicyclic) bond motifs is 1. The zero-order chi connectivity index (χ0) is 18.1. The normalized spacial score (nSPS) is 17.6. The summed E-state index contributed by atoms with van der Waals surface area (Å²) < 4.78 is 6.32. The lowest BCUT2D eigenvalue weighted by Gasteiger charge is -2.33. The molecule has 1 aliphatic heterocycles. The summed E-state index contributed by atoms with van der Waals surface area (Å²) >= 11 is 1.64. The van der Waals surface area contributed by atoms with Crippen molar-refractivity contribution < 1.29 is 9.84 Å². The Morgan fingerprint density at radius 1 is 1.04 bits per heavy atom. The summed E-state index contributed by atoms with van der Waals surface area (Å²) in [6, 6.07) is 20.8. The number of para-hydroxylation sites is 1. The van der Waals surface area contributed by atoms with Gasteiger partial charge in [0.2, 0.25) is 0 Å². The Kier molecular flexibility index (Phi) is 4.66. The van der Waals surface area contributed by atoms with Crippen molar-refractivity contribution in [3.63, 3.8) is 0 Å². The van der Waals surface area contributed by atoms with Gasteiger partial charge in [0.25, 0.3) is 0 Å². The van der Waals surface area contributed by atoms with E-state index < -0.39 is 6.10 Å². The topological polar surface area (TPSA) is 29.5 Å². The first-order valence-electron chi connectivity index (χ1n) is 8.98. The second kappa shape index (κ2) is 7.10. The van der Waals surface area contributed by atoms with Gasteiger partial charge >= 0.3 is 0 Å². The van der Waals surface area contributed by atoms with Crippen LogP contribution in [0.1, 0.15) is 40.8 Å². The summed E-state index contributed by atoms with van der Waals surface area (Å²) in [6.07, 6.45) is 0.102. The number of aryl methyl sites for hydroxylation is 1. The minimum atomic E-state index is -0.549. The fourth-order valence-electron chi connectivity index (χ4n) is 3.56. The molecule has 4 rings (SSSR count). The first kappa shape index (κ1) is 17.1. The molecule has 0 spiro atoms. The molecule has 0 bridgehead atoms. The van der Waals surface area contributed by atoms with Crippen molar-refractivity contribution in [3.05, 3.63) is 93.2 Å². The summed E-state index contributed by atoms with van der Waals surface area (Å²) in [5, 5.41) is 13.0. The van der Waals surface area contributed by atoms with Gasteiger partial charge in [0.05, 0.1) is 11.0 Å². The van der Waals surface area contributed by atoms with Crippen LogP contribution in [0.2, 0.25) is 0 Å². The van der Waals surface area contributed by atoms with E-state index in [0.717, 1.165) is 27.5 Å². The van der Waals surface area contributed by atoms with Gasteiger partial charge in [0, 0.05) is 17.1 Å². The number of aliphatic hydroxyl groups is 1. The number of benzene rings is 2. The Hall–Kier alpha value is -2.36. The smallest absolute Gasteiger partial charge is 0.147 e. The van der Waals surface area contributed by atoms with Crippen LogP contribution < -0.4 is 4.74 Å². The van der Waals surface area contributed by atoms with Crippen molar-refractivity contribution >= 4 is 17.1 Å². The Bertz CT molecular complexity index is 923. The standard InChI is InChI=1S/C23H22O2S/c1-3-18(24)22-21(16-12-10-15(2)11-13-16)17-7-4-5-8-19(17)25-23(22)20-9-6-14-26-20/h4-14,18,21,24H,3H2,1-2H3/t18-,21+/m1/s1. The first-order chi connectivity index (χ1) is 12.7. The van der Waals surface area contributed by atoms with Gasteiger partial charge in [0.15, 0.2) is 0 Å². The predicted molar refractivity (Wildman–Crippen MR) is 108 cm³/mol. The molecule has 1 N–H and O–H groups in total. The van der Waals surface area contributed by atoms with Crippen molar-refractivity contribution in [2.24, 2.45) is 0 Å². The van der Waals surface area contributed by atoms with E-state index >= 15 is 0 Å². The molecule has 3 heteroatoms. The SMILES string of the molecule is CC[C@@H](O)C1=C(c2cccs2)Oc2ccccc2[C@@H]1c1ccc(C)cc1.